The number of hydrogen-bond acceptors (Lipinski definition) is 6. The molecule has 1 aliphatic carbocycles. The number of amides is 1. The molecule has 1 aromatic carbocycles. The lowest BCUT2D eigenvalue weighted by Crippen LogP contribution is -2.16. The molecule has 7 heteroatoms. The molecule has 1 N–H and O–H groups in total. The fourth-order valence-corrected chi connectivity index (χ4v) is 4.92. The number of esters is 1. The van der Waals surface area contributed by atoms with Gasteiger partial charge in [0.05, 0.1) is 19.3 Å². The molecule has 162 valence electrons. The van der Waals surface area contributed by atoms with Crippen LogP contribution >= 0.6 is 11.3 Å². The van der Waals surface area contributed by atoms with Crippen molar-refractivity contribution in [2.75, 3.05) is 19.0 Å². The van der Waals surface area contributed by atoms with Gasteiger partial charge in [-0.05, 0) is 60.9 Å². The summed E-state index contributed by atoms with van der Waals surface area (Å²) >= 11 is 1.40. The predicted molar refractivity (Wildman–Crippen MR) is 121 cm³/mol. The minimum atomic E-state index is -0.550. The van der Waals surface area contributed by atoms with Crippen molar-refractivity contribution < 1.29 is 19.1 Å². The number of carbonyl (C=O) groups is 2. The first-order valence-corrected chi connectivity index (χ1v) is 11.2. The van der Waals surface area contributed by atoms with E-state index in [1.165, 1.54) is 24.5 Å². The largest absolute Gasteiger partial charge is 0.494 e. The molecular weight excluding hydrogens is 412 g/mol. The number of ether oxygens (including phenoxy) is 2. The maximum absolute atomic E-state index is 12.8. The van der Waals surface area contributed by atoms with Gasteiger partial charge in [-0.1, -0.05) is 26.0 Å². The van der Waals surface area contributed by atoms with E-state index in [0.717, 1.165) is 41.9 Å². The van der Waals surface area contributed by atoms with Crippen molar-refractivity contribution in [2.45, 2.75) is 39.5 Å². The summed E-state index contributed by atoms with van der Waals surface area (Å²) in [4.78, 5) is 26.3. The quantitative estimate of drug-likeness (QED) is 0.374. The molecule has 0 saturated carbocycles. The first-order chi connectivity index (χ1) is 15.0. The number of nitrogens with zero attached hydrogens (tertiary/aromatic N) is 1. The van der Waals surface area contributed by atoms with Gasteiger partial charge in [0.2, 0.25) is 0 Å². The van der Waals surface area contributed by atoms with Crippen LogP contribution in [0.4, 0.5) is 5.00 Å². The maximum Gasteiger partial charge on any atom is 0.341 e. The summed E-state index contributed by atoms with van der Waals surface area (Å²) in [5.41, 5.74) is 2.04. The number of nitriles is 1. The molecule has 1 amide bonds. The van der Waals surface area contributed by atoms with Gasteiger partial charge in [0.25, 0.3) is 5.91 Å². The fourth-order valence-electron chi connectivity index (χ4n) is 3.52. The van der Waals surface area contributed by atoms with E-state index >= 15 is 0 Å². The Hall–Kier alpha value is -3.11. The molecule has 3 rings (SSSR count). The Bertz CT molecular complexity index is 1030. The van der Waals surface area contributed by atoms with Crippen LogP contribution in [0.25, 0.3) is 6.08 Å². The van der Waals surface area contributed by atoms with E-state index in [1.54, 1.807) is 24.3 Å². The Labute approximate surface area is 186 Å². The summed E-state index contributed by atoms with van der Waals surface area (Å²) in [7, 11) is 1.33. The molecule has 0 fully saturated rings. The second-order valence-electron chi connectivity index (χ2n) is 7.59. The van der Waals surface area contributed by atoms with Gasteiger partial charge in [-0.3, -0.25) is 4.79 Å². The first-order valence-electron chi connectivity index (χ1n) is 10.4. The number of benzene rings is 1. The van der Waals surface area contributed by atoms with Crippen molar-refractivity contribution in [3.05, 3.63) is 51.4 Å². The van der Waals surface area contributed by atoms with E-state index in [4.69, 9.17) is 9.47 Å². The summed E-state index contributed by atoms with van der Waals surface area (Å²) in [6.07, 6.45) is 5.07. The third-order valence-corrected chi connectivity index (χ3v) is 6.33. The van der Waals surface area contributed by atoms with Crippen molar-refractivity contribution in [3.63, 3.8) is 0 Å². The smallest absolute Gasteiger partial charge is 0.341 e. The standard InChI is InChI=1S/C24H26N2O4S/c1-4-11-30-18-8-6-16(7-9-18)13-17(14-25)22(27)26-23-21(24(28)29-3)19-10-5-15(2)12-20(19)31-23/h6-9,13,15H,4-5,10-12H2,1-3H3,(H,26,27)/b17-13+. The number of rotatable bonds is 7. The Morgan fingerprint density at radius 3 is 2.71 bits per heavy atom. The summed E-state index contributed by atoms with van der Waals surface area (Å²) in [6, 6.07) is 9.15. The van der Waals surface area contributed by atoms with Crippen LogP contribution in [0.15, 0.2) is 29.8 Å². The molecule has 1 aromatic heterocycles. The van der Waals surface area contributed by atoms with Crippen LogP contribution in [0.5, 0.6) is 5.75 Å². The topological polar surface area (TPSA) is 88.4 Å². The Morgan fingerprint density at radius 2 is 2.06 bits per heavy atom. The van der Waals surface area contributed by atoms with Crippen molar-refractivity contribution >= 4 is 34.3 Å². The molecule has 0 aliphatic heterocycles. The summed E-state index contributed by atoms with van der Waals surface area (Å²) < 4.78 is 10.5. The molecule has 2 aromatic rings. The maximum atomic E-state index is 12.8. The van der Waals surface area contributed by atoms with Gasteiger partial charge in [-0.25, -0.2) is 4.79 Å². The highest BCUT2D eigenvalue weighted by Gasteiger charge is 2.29. The van der Waals surface area contributed by atoms with Crippen LogP contribution < -0.4 is 10.1 Å². The molecule has 1 unspecified atom stereocenters. The zero-order valence-electron chi connectivity index (χ0n) is 18.0. The summed E-state index contributed by atoms with van der Waals surface area (Å²) in [6.45, 7) is 4.84. The predicted octanol–water partition coefficient (Wildman–Crippen LogP) is 4.99. The Balaban J connectivity index is 1.83. The molecule has 31 heavy (non-hydrogen) atoms. The number of methoxy groups -OCH3 is 1. The molecule has 0 spiro atoms. The zero-order valence-corrected chi connectivity index (χ0v) is 18.8. The van der Waals surface area contributed by atoms with Gasteiger partial charge in [0, 0.05) is 4.88 Å². The van der Waals surface area contributed by atoms with Crippen LogP contribution in [0, 0.1) is 17.2 Å². The Kier molecular flexibility index (Phi) is 7.48. The van der Waals surface area contributed by atoms with Gasteiger partial charge >= 0.3 is 5.97 Å². The number of hydrogen-bond donors (Lipinski definition) is 1. The molecule has 0 bridgehead atoms. The number of anilines is 1. The number of nitrogens with one attached hydrogen (secondary N) is 1. The van der Waals surface area contributed by atoms with Gasteiger partial charge in [0.15, 0.2) is 0 Å². The van der Waals surface area contributed by atoms with E-state index < -0.39 is 11.9 Å². The molecule has 0 radical (unpaired) electrons. The highest BCUT2D eigenvalue weighted by Crippen LogP contribution is 2.40. The monoisotopic (exact) mass is 438 g/mol. The average molecular weight is 439 g/mol. The van der Waals surface area contributed by atoms with E-state index in [9.17, 15) is 14.9 Å². The third-order valence-electron chi connectivity index (χ3n) is 5.16. The van der Waals surface area contributed by atoms with Crippen LogP contribution in [-0.4, -0.2) is 25.6 Å². The average Bonchev–Trinajstić information content (AvgIpc) is 3.12. The van der Waals surface area contributed by atoms with Crippen molar-refractivity contribution in [2.24, 2.45) is 5.92 Å². The van der Waals surface area contributed by atoms with Crippen molar-refractivity contribution in [3.8, 4) is 11.8 Å². The summed E-state index contributed by atoms with van der Waals surface area (Å²) in [5, 5.41) is 12.8. The van der Waals surface area contributed by atoms with Crippen LogP contribution in [0.3, 0.4) is 0 Å². The normalized spacial score (nSPS) is 15.5. The Morgan fingerprint density at radius 1 is 1.32 bits per heavy atom. The van der Waals surface area contributed by atoms with E-state index in [-0.39, 0.29) is 5.57 Å². The first kappa shape index (κ1) is 22.6. The molecule has 1 atom stereocenters. The van der Waals surface area contributed by atoms with Crippen LogP contribution in [-0.2, 0) is 22.4 Å². The minimum Gasteiger partial charge on any atom is -0.494 e. The van der Waals surface area contributed by atoms with Crippen LogP contribution in [0.1, 0.15) is 53.1 Å². The van der Waals surface area contributed by atoms with E-state index in [0.29, 0.717) is 28.7 Å². The number of carbonyl (C=O) groups excluding carboxylic acids is 2. The number of fused-ring (bicyclic) bond motifs is 1. The second-order valence-corrected chi connectivity index (χ2v) is 8.69. The lowest BCUT2D eigenvalue weighted by atomic mass is 9.88. The molecule has 6 nitrogen and oxygen atoms in total. The minimum absolute atomic E-state index is 0.0437. The SMILES string of the molecule is CCCOc1ccc(/C=C(\C#N)C(=O)Nc2sc3c(c2C(=O)OC)CCC(C)C3)cc1. The van der Waals surface area contributed by atoms with Crippen molar-refractivity contribution in [1.82, 2.24) is 0 Å². The summed E-state index contributed by atoms with van der Waals surface area (Å²) in [5.74, 6) is 0.250. The third kappa shape index (κ3) is 5.33. The molecule has 0 saturated heterocycles. The lowest BCUT2D eigenvalue weighted by molar-refractivity contribution is -0.112. The fraction of sp³-hybridized carbons (Fsp3) is 0.375. The van der Waals surface area contributed by atoms with Crippen LogP contribution in [0.2, 0.25) is 0 Å². The number of thiophene rings is 1. The second kappa shape index (κ2) is 10.3. The highest BCUT2D eigenvalue weighted by molar-refractivity contribution is 7.17. The molecule has 1 aliphatic rings. The van der Waals surface area contributed by atoms with Gasteiger partial charge in [-0.15, -0.1) is 11.3 Å². The van der Waals surface area contributed by atoms with Gasteiger partial charge < -0.3 is 14.8 Å². The molecular formula is C24H26N2O4S. The highest BCUT2D eigenvalue weighted by atomic mass is 32.1. The van der Waals surface area contributed by atoms with E-state index in [2.05, 4.69) is 12.2 Å². The van der Waals surface area contributed by atoms with Gasteiger partial charge in [-0.2, -0.15) is 5.26 Å². The van der Waals surface area contributed by atoms with E-state index in [1.807, 2.05) is 13.0 Å². The van der Waals surface area contributed by atoms with Crippen molar-refractivity contribution in [1.29, 1.82) is 5.26 Å². The zero-order chi connectivity index (χ0) is 22.4. The lowest BCUT2D eigenvalue weighted by Gasteiger charge is -2.18. The van der Waals surface area contributed by atoms with Gasteiger partial charge in [0.1, 0.15) is 22.4 Å². The molecule has 1 heterocycles.